The number of unbranched alkanes of at least 4 members (excludes halogenated alkanes) is 8. The molecule has 0 N–H and O–H groups in total. The molecule has 6 heteroatoms. The summed E-state index contributed by atoms with van der Waals surface area (Å²) in [7, 11) is 0. The van der Waals surface area contributed by atoms with Crippen LogP contribution in [0.5, 0.6) is 0 Å². The Balaban J connectivity index is 4.18. The Labute approximate surface area is 210 Å². The van der Waals surface area contributed by atoms with E-state index in [0.29, 0.717) is 6.61 Å². The van der Waals surface area contributed by atoms with Crippen LogP contribution in [0.4, 0.5) is 4.79 Å². The Morgan fingerprint density at radius 1 is 0.706 bits per heavy atom. The Kier molecular flexibility index (Phi) is 22.5. The molecule has 0 saturated heterocycles. The summed E-state index contributed by atoms with van der Waals surface area (Å²) in [6.45, 7) is 16.1. The van der Waals surface area contributed by atoms with Crippen LogP contribution >= 0.6 is 0 Å². The van der Waals surface area contributed by atoms with Crippen molar-refractivity contribution in [1.82, 2.24) is 4.90 Å². The van der Waals surface area contributed by atoms with E-state index in [0.717, 1.165) is 51.7 Å². The fraction of sp³-hybridized carbons (Fsp3) is 0.893. The second kappa shape index (κ2) is 23.4. The van der Waals surface area contributed by atoms with Gasteiger partial charge in [0.05, 0.1) is 19.1 Å². The molecule has 0 aromatic rings. The van der Waals surface area contributed by atoms with Gasteiger partial charge in [-0.2, -0.15) is 0 Å². The molecule has 0 heterocycles. The van der Waals surface area contributed by atoms with Crippen LogP contribution in [0.1, 0.15) is 111 Å². The Morgan fingerprint density at radius 2 is 1.24 bits per heavy atom. The summed E-state index contributed by atoms with van der Waals surface area (Å²) in [6, 6.07) is 0. The van der Waals surface area contributed by atoms with Gasteiger partial charge in [0.25, 0.3) is 0 Å². The first kappa shape index (κ1) is 32.7. The van der Waals surface area contributed by atoms with E-state index in [9.17, 15) is 9.59 Å². The van der Waals surface area contributed by atoms with Gasteiger partial charge in [-0.15, -0.1) is 0 Å². The summed E-state index contributed by atoms with van der Waals surface area (Å²) in [4.78, 5) is 26.8. The van der Waals surface area contributed by atoms with Gasteiger partial charge in [0, 0.05) is 12.5 Å². The van der Waals surface area contributed by atoms with Gasteiger partial charge in [0.15, 0.2) is 0 Å². The predicted molar refractivity (Wildman–Crippen MR) is 140 cm³/mol. The molecular formula is C28H54NO5. The zero-order valence-corrected chi connectivity index (χ0v) is 22.8. The van der Waals surface area contributed by atoms with E-state index in [2.05, 4.69) is 39.5 Å². The largest absolute Gasteiger partial charge is 0.508 e. The van der Waals surface area contributed by atoms with Gasteiger partial charge in [-0.25, -0.2) is 4.79 Å². The van der Waals surface area contributed by atoms with E-state index in [1.165, 1.54) is 51.4 Å². The average Bonchev–Trinajstić information content (AvgIpc) is 2.84. The first-order valence-electron chi connectivity index (χ1n) is 14.0. The third-order valence-electron chi connectivity index (χ3n) is 6.28. The molecule has 0 fully saturated rings. The molecule has 0 aromatic heterocycles. The molecule has 0 aliphatic carbocycles. The second-order valence-corrected chi connectivity index (χ2v) is 9.39. The van der Waals surface area contributed by atoms with E-state index in [1.807, 2.05) is 0 Å². The maximum absolute atomic E-state index is 12.7. The number of esters is 1. The van der Waals surface area contributed by atoms with Crippen LogP contribution in [-0.2, 0) is 19.0 Å². The van der Waals surface area contributed by atoms with Gasteiger partial charge in [0.2, 0.25) is 0 Å². The summed E-state index contributed by atoms with van der Waals surface area (Å²) in [5, 5.41) is 0. The molecule has 0 rings (SSSR count). The predicted octanol–water partition coefficient (Wildman–Crippen LogP) is 7.20. The molecule has 0 aromatic carbocycles. The number of rotatable bonds is 23. The Bertz CT molecular complexity index is 481. The quantitative estimate of drug-likeness (QED) is 0.113. The Hall–Kier alpha value is -1.30. The number of nitrogens with zero attached hydrogens (tertiary/aromatic N) is 1. The second-order valence-electron chi connectivity index (χ2n) is 9.39. The zero-order valence-electron chi connectivity index (χ0n) is 22.8. The fourth-order valence-electron chi connectivity index (χ4n) is 3.95. The van der Waals surface area contributed by atoms with Crippen molar-refractivity contribution in [3.8, 4) is 0 Å². The molecule has 0 bridgehead atoms. The lowest BCUT2D eigenvalue weighted by molar-refractivity contribution is -0.150. The summed E-state index contributed by atoms with van der Waals surface area (Å²) >= 11 is 0. The SMILES string of the molecule is [CH2]C(COC(=O)OCCCN(CC)CC)COC(=O)C(CCCCCC)CCCCCCCC. The summed E-state index contributed by atoms with van der Waals surface area (Å²) in [5.74, 6) is -0.466. The van der Waals surface area contributed by atoms with Crippen LogP contribution in [0.2, 0.25) is 0 Å². The standard InChI is InChI=1S/C28H54NO5/c1-6-10-12-14-15-17-20-26(19-16-13-11-7-2)27(30)33-23-25(5)24-34-28(31)32-22-18-21-29(8-3)9-4/h25-26H,5-24H2,1-4H3. The van der Waals surface area contributed by atoms with Gasteiger partial charge in [0.1, 0.15) is 6.61 Å². The maximum Gasteiger partial charge on any atom is 0.508 e. The zero-order chi connectivity index (χ0) is 25.4. The number of hydrogen-bond donors (Lipinski definition) is 0. The van der Waals surface area contributed by atoms with Crippen LogP contribution in [0, 0.1) is 18.8 Å². The maximum atomic E-state index is 12.7. The van der Waals surface area contributed by atoms with Crippen molar-refractivity contribution in [3.05, 3.63) is 6.92 Å². The van der Waals surface area contributed by atoms with Crippen LogP contribution in [0.3, 0.4) is 0 Å². The number of hydrogen-bond acceptors (Lipinski definition) is 6. The molecule has 201 valence electrons. The first-order chi connectivity index (χ1) is 16.5. The summed E-state index contributed by atoms with van der Waals surface area (Å²) in [6.07, 6.45) is 13.8. The van der Waals surface area contributed by atoms with E-state index < -0.39 is 6.16 Å². The highest BCUT2D eigenvalue weighted by Crippen LogP contribution is 2.20. The number of carbonyl (C=O) groups is 2. The molecule has 2 unspecified atom stereocenters. The highest BCUT2D eigenvalue weighted by atomic mass is 16.7. The average molecular weight is 485 g/mol. The van der Waals surface area contributed by atoms with Gasteiger partial charge >= 0.3 is 12.1 Å². The molecule has 0 aliphatic rings. The third-order valence-corrected chi connectivity index (χ3v) is 6.28. The van der Waals surface area contributed by atoms with Gasteiger partial charge < -0.3 is 19.1 Å². The summed E-state index contributed by atoms with van der Waals surface area (Å²) in [5.41, 5.74) is 0. The van der Waals surface area contributed by atoms with Crippen molar-refractivity contribution in [2.24, 2.45) is 11.8 Å². The Morgan fingerprint density at radius 3 is 1.82 bits per heavy atom. The van der Waals surface area contributed by atoms with Crippen LogP contribution in [0.15, 0.2) is 0 Å². The smallest absolute Gasteiger partial charge is 0.465 e. The monoisotopic (exact) mass is 484 g/mol. The fourth-order valence-corrected chi connectivity index (χ4v) is 3.95. The van der Waals surface area contributed by atoms with Crippen molar-refractivity contribution in [2.45, 2.75) is 111 Å². The van der Waals surface area contributed by atoms with E-state index in [-0.39, 0.29) is 31.0 Å². The van der Waals surface area contributed by atoms with E-state index >= 15 is 0 Å². The van der Waals surface area contributed by atoms with Crippen molar-refractivity contribution < 1.29 is 23.8 Å². The first-order valence-corrected chi connectivity index (χ1v) is 14.0. The lowest BCUT2D eigenvalue weighted by Gasteiger charge is -2.18. The number of carbonyl (C=O) groups excluding carboxylic acids is 2. The molecular weight excluding hydrogens is 430 g/mol. The van der Waals surface area contributed by atoms with Crippen molar-refractivity contribution in [3.63, 3.8) is 0 Å². The molecule has 6 nitrogen and oxygen atoms in total. The van der Waals surface area contributed by atoms with Crippen LogP contribution in [-0.4, -0.2) is 56.5 Å². The highest BCUT2D eigenvalue weighted by molar-refractivity contribution is 5.72. The van der Waals surface area contributed by atoms with Crippen LogP contribution < -0.4 is 0 Å². The molecule has 0 amide bonds. The van der Waals surface area contributed by atoms with E-state index in [4.69, 9.17) is 14.2 Å². The van der Waals surface area contributed by atoms with Crippen LogP contribution in [0.25, 0.3) is 0 Å². The lowest BCUT2D eigenvalue weighted by atomic mass is 9.94. The topological polar surface area (TPSA) is 65.1 Å². The number of ether oxygens (including phenoxy) is 3. The van der Waals surface area contributed by atoms with Gasteiger partial charge in [-0.3, -0.25) is 4.79 Å². The lowest BCUT2D eigenvalue weighted by Crippen LogP contribution is -2.25. The van der Waals surface area contributed by atoms with Gasteiger partial charge in [-0.05, 0) is 39.3 Å². The third kappa shape index (κ3) is 19.1. The molecule has 0 spiro atoms. The van der Waals surface area contributed by atoms with Crippen molar-refractivity contribution >= 4 is 12.1 Å². The minimum Gasteiger partial charge on any atom is -0.465 e. The normalized spacial score (nSPS) is 13.0. The molecule has 0 aliphatic heterocycles. The minimum atomic E-state index is -0.684. The van der Waals surface area contributed by atoms with E-state index in [1.54, 1.807) is 0 Å². The molecule has 2 atom stereocenters. The minimum absolute atomic E-state index is 0.0353. The van der Waals surface area contributed by atoms with Crippen molar-refractivity contribution in [1.29, 1.82) is 0 Å². The van der Waals surface area contributed by atoms with Gasteiger partial charge in [-0.1, -0.05) is 91.9 Å². The van der Waals surface area contributed by atoms with Crippen molar-refractivity contribution in [2.75, 3.05) is 39.5 Å². The molecule has 1 radical (unpaired) electrons. The molecule has 34 heavy (non-hydrogen) atoms. The summed E-state index contributed by atoms with van der Waals surface area (Å²) < 4.78 is 15.8. The molecule has 0 saturated carbocycles. The highest BCUT2D eigenvalue weighted by Gasteiger charge is 2.20.